The summed E-state index contributed by atoms with van der Waals surface area (Å²) < 4.78 is 0. The fourth-order valence-corrected chi connectivity index (χ4v) is 4.39. The second-order valence-electron chi connectivity index (χ2n) is 7.48. The summed E-state index contributed by atoms with van der Waals surface area (Å²) in [6.07, 6.45) is 8.30. The first kappa shape index (κ1) is 24.1. The molecule has 1 aromatic carbocycles. The van der Waals surface area contributed by atoms with E-state index in [1.807, 2.05) is 13.2 Å². The Balaban J connectivity index is 0.00000300. The van der Waals surface area contributed by atoms with E-state index in [9.17, 15) is 0 Å². The van der Waals surface area contributed by atoms with Crippen LogP contribution in [0.5, 0.6) is 0 Å². The highest BCUT2D eigenvalue weighted by Crippen LogP contribution is 2.14. The van der Waals surface area contributed by atoms with Crippen LogP contribution in [0.4, 0.5) is 0 Å². The zero-order valence-corrected chi connectivity index (χ0v) is 20.8. The molecule has 0 saturated carbocycles. The average Bonchev–Trinajstić information content (AvgIpc) is 2.95. The van der Waals surface area contributed by atoms with Crippen molar-refractivity contribution in [3.8, 4) is 0 Å². The van der Waals surface area contributed by atoms with Crippen molar-refractivity contribution in [2.75, 3.05) is 26.7 Å². The molecular weight excluding hydrogens is 493 g/mol. The molecule has 160 valence electrons. The van der Waals surface area contributed by atoms with Crippen molar-refractivity contribution in [1.82, 2.24) is 20.5 Å². The lowest BCUT2D eigenvalue weighted by Gasteiger charge is -2.20. The summed E-state index contributed by atoms with van der Waals surface area (Å²) in [5, 5.41) is 7.98. The highest BCUT2D eigenvalue weighted by Gasteiger charge is 2.09. The Hall–Kier alpha value is -1.19. The molecule has 29 heavy (non-hydrogen) atoms. The molecule has 1 saturated heterocycles. The van der Waals surface area contributed by atoms with Crippen LogP contribution in [0.25, 0.3) is 0 Å². The Bertz CT molecular complexity index is 753. The van der Waals surface area contributed by atoms with Crippen molar-refractivity contribution >= 4 is 41.3 Å². The molecule has 2 heterocycles. The third-order valence-corrected chi connectivity index (χ3v) is 6.05. The van der Waals surface area contributed by atoms with Crippen molar-refractivity contribution in [3.63, 3.8) is 0 Å². The predicted octanol–water partition coefficient (Wildman–Crippen LogP) is 4.35. The molecule has 0 radical (unpaired) electrons. The fraction of sp³-hybridized carbons (Fsp3) is 0.545. The van der Waals surface area contributed by atoms with E-state index in [4.69, 9.17) is 0 Å². The SMILES string of the molecule is CN=C(NCCc1ncc(C)s1)NCc1cccc(CN2CCCCCC2)c1.I. The van der Waals surface area contributed by atoms with Gasteiger partial charge >= 0.3 is 0 Å². The van der Waals surface area contributed by atoms with Gasteiger partial charge in [-0.1, -0.05) is 37.1 Å². The summed E-state index contributed by atoms with van der Waals surface area (Å²) in [7, 11) is 1.82. The van der Waals surface area contributed by atoms with E-state index in [0.29, 0.717) is 0 Å². The molecule has 0 bridgehead atoms. The third-order valence-electron chi connectivity index (χ3n) is 5.08. The Labute approximate surface area is 196 Å². The van der Waals surface area contributed by atoms with Crippen molar-refractivity contribution in [3.05, 3.63) is 51.5 Å². The highest BCUT2D eigenvalue weighted by molar-refractivity contribution is 14.0. The number of guanidine groups is 1. The first-order valence-electron chi connectivity index (χ1n) is 10.4. The van der Waals surface area contributed by atoms with Crippen LogP contribution in [0.15, 0.2) is 35.5 Å². The monoisotopic (exact) mass is 527 g/mol. The minimum atomic E-state index is 0. The van der Waals surface area contributed by atoms with Crippen LogP contribution in [0, 0.1) is 6.92 Å². The minimum absolute atomic E-state index is 0. The van der Waals surface area contributed by atoms with Gasteiger partial charge in [0.25, 0.3) is 0 Å². The van der Waals surface area contributed by atoms with Gasteiger partial charge in [0.15, 0.2) is 5.96 Å². The second-order valence-corrected chi connectivity index (χ2v) is 8.80. The van der Waals surface area contributed by atoms with E-state index in [0.717, 1.165) is 32.0 Å². The molecule has 0 unspecified atom stereocenters. The maximum Gasteiger partial charge on any atom is 0.191 e. The van der Waals surface area contributed by atoms with Gasteiger partial charge in [-0.2, -0.15) is 0 Å². The molecule has 1 aliphatic heterocycles. The topological polar surface area (TPSA) is 52.6 Å². The van der Waals surface area contributed by atoms with E-state index in [-0.39, 0.29) is 24.0 Å². The van der Waals surface area contributed by atoms with E-state index < -0.39 is 0 Å². The molecule has 7 heteroatoms. The zero-order valence-electron chi connectivity index (χ0n) is 17.6. The number of thiazole rings is 1. The lowest BCUT2D eigenvalue weighted by molar-refractivity contribution is 0.277. The molecule has 2 N–H and O–H groups in total. The van der Waals surface area contributed by atoms with Crippen LogP contribution in [0.3, 0.4) is 0 Å². The zero-order chi connectivity index (χ0) is 19.6. The van der Waals surface area contributed by atoms with Gasteiger partial charge in [-0.3, -0.25) is 9.89 Å². The molecular formula is C22H34IN5S. The molecule has 5 nitrogen and oxygen atoms in total. The lowest BCUT2D eigenvalue weighted by Crippen LogP contribution is -2.37. The molecule has 0 aliphatic carbocycles. The van der Waals surface area contributed by atoms with E-state index in [1.165, 1.54) is 59.8 Å². The maximum atomic E-state index is 4.41. The number of aromatic nitrogens is 1. The van der Waals surface area contributed by atoms with Crippen LogP contribution in [-0.4, -0.2) is 42.5 Å². The van der Waals surface area contributed by atoms with Gasteiger partial charge in [0.05, 0.1) is 5.01 Å². The number of hydrogen-bond donors (Lipinski definition) is 2. The van der Waals surface area contributed by atoms with E-state index in [2.05, 4.69) is 56.7 Å². The summed E-state index contributed by atoms with van der Waals surface area (Å²) in [5.41, 5.74) is 2.70. The largest absolute Gasteiger partial charge is 0.356 e. The van der Waals surface area contributed by atoms with Gasteiger partial charge in [0.1, 0.15) is 0 Å². The van der Waals surface area contributed by atoms with Crippen molar-refractivity contribution in [2.24, 2.45) is 4.99 Å². The molecule has 1 aliphatic rings. The fourth-order valence-electron chi connectivity index (χ4n) is 3.60. The first-order valence-corrected chi connectivity index (χ1v) is 11.2. The van der Waals surface area contributed by atoms with E-state index in [1.54, 1.807) is 11.3 Å². The standard InChI is InChI=1S/C22H33N5S.HI/c1-18-15-25-21(28-18)10-11-24-22(23-2)26-16-19-8-7-9-20(14-19)17-27-12-5-3-4-6-13-27;/h7-9,14-15H,3-6,10-13,16-17H2,1-2H3,(H2,23,24,26);1H. The molecule has 3 rings (SSSR count). The number of aliphatic imine (C=N–C) groups is 1. The maximum absolute atomic E-state index is 4.41. The molecule has 0 spiro atoms. The molecule has 2 aromatic rings. The van der Waals surface area contributed by atoms with Crippen LogP contribution in [0.2, 0.25) is 0 Å². The van der Waals surface area contributed by atoms with Crippen LogP contribution < -0.4 is 10.6 Å². The van der Waals surface area contributed by atoms with Crippen LogP contribution >= 0.6 is 35.3 Å². The number of likely N-dealkylation sites (tertiary alicyclic amines) is 1. The number of nitrogens with one attached hydrogen (secondary N) is 2. The Morgan fingerprint density at radius 2 is 1.90 bits per heavy atom. The molecule has 1 aromatic heterocycles. The smallest absolute Gasteiger partial charge is 0.191 e. The van der Waals surface area contributed by atoms with Gasteiger partial charge in [0, 0.05) is 44.2 Å². The summed E-state index contributed by atoms with van der Waals surface area (Å²) in [6, 6.07) is 8.93. The quantitative estimate of drug-likeness (QED) is 0.320. The first-order chi connectivity index (χ1) is 13.7. The summed E-state index contributed by atoms with van der Waals surface area (Å²) in [5.74, 6) is 0.839. The summed E-state index contributed by atoms with van der Waals surface area (Å²) in [6.45, 7) is 7.24. The van der Waals surface area contributed by atoms with Crippen LogP contribution in [0.1, 0.15) is 46.7 Å². The van der Waals surface area contributed by atoms with Crippen molar-refractivity contribution in [1.29, 1.82) is 0 Å². The third kappa shape index (κ3) is 8.60. The van der Waals surface area contributed by atoms with Gasteiger partial charge in [-0.25, -0.2) is 4.98 Å². The van der Waals surface area contributed by atoms with Gasteiger partial charge in [-0.15, -0.1) is 35.3 Å². The number of hydrogen-bond acceptors (Lipinski definition) is 4. The number of nitrogens with zero attached hydrogens (tertiary/aromatic N) is 3. The Kier molecular flexibility index (Phi) is 10.9. The van der Waals surface area contributed by atoms with E-state index >= 15 is 0 Å². The van der Waals surface area contributed by atoms with Crippen LogP contribution in [-0.2, 0) is 19.5 Å². The molecule has 1 fully saturated rings. The average molecular weight is 528 g/mol. The number of aryl methyl sites for hydroxylation is 1. The number of benzene rings is 1. The number of rotatable bonds is 7. The molecule has 0 amide bonds. The second kappa shape index (κ2) is 13.2. The summed E-state index contributed by atoms with van der Waals surface area (Å²) >= 11 is 1.76. The molecule has 0 atom stereocenters. The normalized spacial score (nSPS) is 15.4. The van der Waals surface area contributed by atoms with Gasteiger partial charge < -0.3 is 10.6 Å². The Morgan fingerprint density at radius 3 is 2.59 bits per heavy atom. The Morgan fingerprint density at radius 1 is 1.14 bits per heavy atom. The van der Waals surface area contributed by atoms with Gasteiger partial charge in [0.2, 0.25) is 0 Å². The van der Waals surface area contributed by atoms with Crippen molar-refractivity contribution < 1.29 is 0 Å². The van der Waals surface area contributed by atoms with Crippen molar-refractivity contribution in [2.45, 2.75) is 52.1 Å². The summed E-state index contributed by atoms with van der Waals surface area (Å²) in [4.78, 5) is 12.6. The predicted molar refractivity (Wildman–Crippen MR) is 134 cm³/mol. The number of halogens is 1. The van der Waals surface area contributed by atoms with Gasteiger partial charge in [-0.05, 0) is 44.0 Å². The minimum Gasteiger partial charge on any atom is -0.356 e. The highest BCUT2D eigenvalue weighted by atomic mass is 127. The lowest BCUT2D eigenvalue weighted by atomic mass is 10.1.